The van der Waals surface area contributed by atoms with Gasteiger partial charge < -0.3 is 14.2 Å². The largest absolute Gasteiger partial charge is 0.459 e. The van der Waals surface area contributed by atoms with Gasteiger partial charge in [0.1, 0.15) is 12.2 Å². The van der Waals surface area contributed by atoms with E-state index in [1.807, 2.05) is 27.7 Å². The van der Waals surface area contributed by atoms with Crippen LogP contribution in [0.4, 0.5) is 0 Å². The van der Waals surface area contributed by atoms with Crippen molar-refractivity contribution in [3.8, 4) is 0 Å². The van der Waals surface area contributed by atoms with E-state index in [1.54, 1.807) is 13.8 Å². The van der Waals surface area contributed by atoms with Crippen molar-refractivity contribution in [3.63, 3.8) is 0 Å². The fourth-order valence-electron chi connectivity index (χ4n) is 1.43. The van der Waals surface area contributed by atoms with Gasteiger partial charge in [-0.05, 0) is 40.5 Å². The summed E-state index contributed by atoms with van der Waals surface area (Å²) in [6.07, 6.45) is 1.24. The SMILES string of the molecule is C=C(C)C(=O)OCC(C)(CC)OCC(C)(CC)OC(=O)C(=C)C. The Kier molecular flexibility index (Phi) is 8.24. The Hall–Kier alpha value is -1.62. The molecule has 0 bridgehead atoms. The van der Waals surface area contributed by atoms with Crippen LogP contribution in [0.15, 0.2) is 24.3 Å². The van der Waals surface area contributed by atoms with E-state index in [1.165, 1.54) is 0 Å². The molecule has 132 valence electrons. The summed E-state index contributed by atoms with van der Waals surface area (Å²) in [6, 6.07) is 0. The van der Waals surface area contributed by atoms with E-state index in [2.05, 4.69) is 13.2 Å². The predicted molar refractivity (Wildman–Crippen MR) is 90.0 cm³/mol. The molecule has 0 aliphatic heterocycles. The number of hydrogen-bond donors (Lipinski definition) is 0. The Balaban J connectivity index is 4.77. The maximum absolute atomic E-state index is 11.7. The van der Waals surface area contributed by atoms with Gasteiger partial charge in [-0.25, -0.2) is 9.59 Å². The minimum atomic E-state index is -0.759. The summed E-state index contributed by atoms with van der Waals surface area (Å²) in [6.45, 7) is 18.2. The predicted octanol–water partition coefficient (Wildman–Crippen LogP) is 3.58. The van der Waals surface area contributed by atoms with Gasteiger partial charge in [0.25, 0.3) is 0 Å². The van der Waals surface area contributed by atoms with Gasteiger partial charge >= 0.3 is 11.9 Å². The van der Waals surface area contributed by atoms with E-state index in [0.717, 1.165) is 0 Å². The van der Waals surface area contributed by atoms with E-state index in [4.69, 9.17) is 14.2 Å². The third kappa shape index (κ3) is 7.46. The monoisotopic (exact) mass is 326 g/mol. The summed E-state index contributed by atoms with van der Waals surface area (Å²) in [5, 5.41) is 0. The summed E-state index contributed by atoms with van der Waals surface area (Å²) in [7, 11) is 0. The van der Waals surface area contributed by atoms with Crippen molar-refractivity contribution in [2.75, 3.05) is 13.2 Å². The molecular formula is C18H30O5. The summed E-state index contributed by atoms with van der Waals surface area (Å²) in [4.78, 5) is 23.3. The number of rotatable bonds is 10. The van der Waals surface area contributed by atoms with Crippen molar-refractivity contribution in [2.45, 2.75) is 65.6 Å². The highest BCUT2D eigenvalue weighted by Crippen LogP contribution is 2.23. The lowest BCUT2D eigenvalue weighted by molar-refractivity contribution is -0.176. The zero-order valence-corrected chi connectivity index (χ0v) is 15.3. The van der Waals surface area contributed by atoms with Crippen LogP contribution < -0.4 is 0 Å². The molecule has 0 saturated carbocycles. The highest BCUT2D eigenvalue weighted by molar-refractivity contribution is 5.87. The van der Waals surface area contributed by atoms with Gasteiger partial charge in [-0.2, -0.15) is 0 Å². The Morgan fingerprint density at radius 3 is 1.74 bits per heavy atom. The second-order valence-corrected chi connectivity index (χ2v) is 6.42. The molecule has 0 fully saturated rings. The van der Waals surface area contributed by atoms with E-state index in [0.29, 0.717) is 24.0 Å². The highest BCUT2D eigenvalue weighted by Gasteiger charge is 2.33. The molecule has 5 nitrogen and oxygen atoms in total. The van der Waals surface area contributed by atoms with E-state index in [-0.39, 0.29) is 13.2 Å². The molecule has 2 unspecified atom stereocenters. The topological polar surface area (TPSA) is 61.8 Å². The van der Waals surface area contributed by atoms with Crippen molar-refractivity contribution in [2.24, 2.45) is 0 Å². The number of carbonyl (C=O) groups is 2. The van der Waals surface area contributed by atoms with Gasteiger partial charge in [0.15, 0.2) is 0 Å². The van der Waals surface area contributed by atoms with Gasteiger partial charge in [0, 0.05) is 11.1 Å². The van der Waals surface area contributed by atoms with Crippen molar-refractivity contribution < 1.29 is 23.8 Å². The van der Waals surface area contributed by atoms with Crippen LogP contribution in [-0.2, 0) is 23.8 Å². The van der Waals surface area contributed by atoms with E-state index in [9.17, 15) is 9.59 Å². The van der Waals surface area contributed by atoms with Gasteiger partial charge in [-0.1, -0.05) is 27.0 Å². The zero-order valence-electron chi connectivity index (χ0n) is 15.3. The average molecular weight is 326 g/mol. The Morgan fingerprint density at radius 1 is 0.870 bits per heavy atom. The smallest absolute Gasteiger partial charge is 0.333 e. The molecule has 0 aliphatic rings. The van der Waals surface area contributed by atoms with Crippen molar-refractivity contribution in [1.82, 2.24) is 0 Å². The molecule has 0 heterocycles. The number of carbonyl (C=O) groups excluding carboxylic acids is 2. The molecule has 0 aromatic rings. The Bertz CT molecular complexity index is 468. The lowest BCUT2D eigenvalue weighted by Crippen LogP contribution is -2.43. The first kappa shape index (κ1) is 21.4. The molecule has 5 heteroatoms. The van der Waals surface area contributed by atoms with Crippen LogP contribution in [0.2, 0.25) is 0 Å². The summed E-state index contributed by atoms with van der Waals surface area (Å²) in [5.41, 5.74) is -0.724. The van der Waals surface area contributed by atoms with Crippen LogP contribution in [0.1, 0.15) is 54.4 Å². The zero-order chi connectivity index (χ0) is 18.3. The molecule has 0 rings (SSSR count). The third-order valence-corrected chi connectivity index (χ3v) is 3.77. The first-order valence-corrected chi connectivity index (χ1v) is 7.84. The molecular weight excluding hydrogens is 296 g/mol. The molecule has 0 aromatic heterocycles. The molecule has 2 atom stereocenters. The minimum absolute atomic E-state index is 0.115. The minimum Gasteiger partial charge on any atom is -0.459 e. The maximum Gasteiger partial charge on any atom is 0.333 e. The summed E-state index contributed by atoms with van der Waals surface area (Å²) >= 11 is 0. The lowest BCUT2D eigenvalue weighted by Gasteiger charge is -2.34. The van der Waals surface area contributed by atoms with Crippen LogP contribution in [-0.4, -0.2) is 36.4 Å². The molecule has 0 saturated heterocycles. The second kappa shape index (κ2) is 8.87. The standard InChI is InChI=1S/C18H30O5/c1-9-17(7,11-21-15(19)13(3)4)22-12-18(8,10-2)23-16(20)14(5)6/h3,5,9-12H2,1-2,4,6-8H3. The van der Waals surface area contributed by atoms with Crippen molar-refractivity contribution in [1.29, 1.82) is 0 Å². The van der Waals surface area contributed by atoms with Crippen LogP contribution in [0, 0.1) is 0 Å². The van der Waals surface area contributed by atoms with Crippen LogP contribution in [0.3, 0.4) is 0 Å². The van der Waals surface area contributed by atoms with Crippen LogP contribution in [0.5, 0.6) is 0 Å². The van der Waals surface area contributed by atoms with Gasteiger partial charge in [-0.3, -0.25) is 0 Å². The molecule has 0 aromatic carbocycles. The summed E-state index contributed by atoms with van der Waals surface area (Å²) < 4.78 is 16.6. The van der Waals surface area contributed by atoms with Crippen LogP contribution >= 0.6 is 0 Å². The van der Waals surface area contributed by atoms with Gasteiger partial charge in [0.2, 0.25) is 0 Å². The van der Waals surface area contributed by atoms with Crippen LogP contribution in [0.25, 0.3) is 0 Å². The van der Waals surface area contributed by atoms with Crippen molar-refractivity contribution >= 4 is 11.9 Å². The molecule has 0 N–H and O–H groups in total. The summed E-state index contributed by atoms with van der Waals surface area (Å²) in [5.74, 6) is -0.884. The van der Waals surface area contributed by atoms with Gasteiger partial charge in [0.05, 0.1) is 12.2 Å². The molecule has 0 aliphatic carbocycles. The van der Waals surface area contributed by atoms with E-state index >= 15 is 0 Å². The molecule has 23 heavy (non-hydrogen) atoms. The first-order chi connectivity index (χ1) is 10.5. The average Bonchev–Trinajstić information content (AvgIpc) is 2.50. The maximum atomic E-state index is 11.7. The quantitative estimate of drug-likeness (QED) is 0.453. The van der Waals surface area contributed by atoms with Gasteiger partial charge in [-0.15, -0.1) is 0 Å². The molecule has 0 spiro atoms. The molecule has 0 radical (unpaired) electrons. The fraction of sp³-hybridized carbons (Fsp3) is 0.667. The lowest BCUT2D eigenvalue weighted by atomic mass is 10.0. The first-order valence-electron chi connectivity index (χ1n) is 7.84. The normalized spacial score (nSPS) is 15.9. The molecule has 0 amide bonds. The van der Waals surface area contributed by atoms with E-state index < -0.39 is 23.1 Å². The highest BCUT2D eigenvalue weighted by atomic mass is 16.6. The third-order valence-electron chi connectivity index (χ3n) is 3.77. The Labute approximate surface area is 139 Å². The number of hydrogen-bond acceptors (Lipinski definition) is 5. The number of ether oxygens (including phenoxy) is 3. The van der Waals surface area contributed by atoms with Crippen molar-refractivity contribution in [3.05, 3.63) is 24.3 Å². The number of esters is 2. The fourth-order valence-corrected chi connectivity index (χ4v) is 1.43. The Morgan fingerprint density at radius 2 is 1.35 bits per heavy atom. The second-order valence-electron chi connectivity index (χ2n) is 6.42.